The third-order valence-electron chi connectivity index (χ3n) is 5.95. The van der Waals surface area contributed by atoms with Gasteiger partial charge in [0.15, 0.2) is 0 Å². The number of sulfonamides is 1. The highest BCUT2D eigenvalue weighted by atomic mass is 35.5. The van der Waals surface area contributed by atoms with Crippen molar-refractivity contribution in [2.75, 3.05) is 26.2 Å². The zero-order valence-corrected chi connectivity index (χ0v) is 19.4. The number of hydrogen-bond donors (Lipinski definition) is 0. The molecule has 0 unspecified atom stereocenters. The van der Waals surface area contributed by atoms with Gasteiger partial charge in [-0.15, -0.1) is 0 Å². The van der Waals surface area contributed by atoms with Gasteiger partial charge in [0, 0.05) is 49.2 Å². The van der Waals surface area contributed by atoms with Crippen molar-refractivity contribution in [1.82, 2.24) is 9.21 Å². The topological polar surface area (TPSA) is 70.8 Å². The number of benzene rings is 2. The predicted octanol–water partition coefficient (Wildman–Crippen LogP) is 3.88. The van der Waals surface area contributed by atoms with Crippen molar-refractivity contribution in [2.24, 2.45) is 0 Å². The summed E-state index contributed by atoms with van der Waals surface area (Å²) in [5, 5.41) is 1.42. The van der Waals surface area contributed by atoms with Gasteiger partial charge in [-0.1, -0.05) is 17.7 Å². The highest BCUT2D eigenvalue weighted by Crippen LogP contribution is 2.27. The van der Waals surface area contributed by atoms with Crippen LogP contribution in [0.3, 0.4) is 0 Å². The molecule has 0 spiro atoms. The van der Waals surface area contributed by atoms with Gasteiger partial charge in [0.05, 0.1) is 4.90 Å². The standard InChI is InChI=1S/C23H25ClN2O4S/c1-15-4-5-19(10-16(15)2)31(28,29)26-8-6-25(7-9-26)14-18-12-23(27)30-22-11-17(3)21(24)13-20(18)22/h4-5,10-13H,6-9,14H2,1-3H3. The molecule has 8 heteroatoms. The van der Waals surface area contributed by atoms with E-state index in [0.717, 1.165) is 27.6 Å². The molecule has 31 heavy (non-hydrogen) atoms. The first-order chi connectivity index (χ1) is 14.6. The highest BCUT2D eigenvalue weighted by molar-refractivity contribution is 7.89. The Morgan fingerprint density at radius 3 is 2.32 bits per heavy atom. The zero-order valence-electron chi connectivity index (χ0n) is 17.8. The molecule has 0 saturated carbocycles. The second kappa shape index (κ2) is 8.39. The third-order valence-corrected chi connectivity index (χ3v) is 8.25. The molecule has 0 radical (unpaired) electrons. The van der Waals surface area contributed by atoms with Crippen LogP contribution < -0.4 is 5.63 Å². The van der Waals surface area contributed by atoms with Crippen LogP contribution in [0.2, 0.25) is 5.02 Å². The van der Waals surface area contributed by atoms with E-state index in [4.69, 9.17) is 16.0 Å². The van der Waals surface area contributed by atoms with Crippen molar-refractivity contribution in [1.29, 1.82) is 0 Å². The fourth-order valence-corrected chi connectivity index (χ4v) is 5.54. The number of rotatable bonds is 4. The van der Waals surface area contributed by atoms with Gasteiger partial charge in [-0.2, -0.15) is 4.31 Å². The average Bonchev–Trinajstić information content (AvgIpc) is 2.72. The molecule has 0 N–H and O–H groups in total. The Hall–Kier alpha value is -2.19. The normalized spacial score (nSPS) is 16.1. The van der Waals surface area contributed by atoms with Gasteiger partial charge in [0.1, 0.15) is 5.58 Å². The fourth-order valence-electron chi connectivity index (χ4n) is 3.87. The fraction of sp³-hybridized carbons (Fsp3) is 0.348. The Morgan fingerprint density at radius 1 is 0.935 bits per heavy atom. The van der Waals surface area contributed by atoms with Crippen molar-refractivity contribution in [2.45, 2.75) is 32.2 Å². The van der Waals surface area contributed by atoms with E-state index in [-0.39, 0.29) is 0 Å². The molecule has 0 atom stereocenters. The first-order valence-electron chi connectivity index (χ1n) is 10.2. The molecule has 0 aliphatic carbocycles. The van der Waals surface area contributed by atoms with Crippen LogP contribution in [0.15, 0.2) is 50.5 Å². The lowest BCUT2D eigenvalue weighted by molar-refractivity contribution is 0.182. The van der Waals surface area contributed by atoms with Crippen LogP contribution in [-0.2, 0) is 16.6 Å². The Labute approximate surface area is 187 Å². The van der Waals surface area contributed by atoms with Crippen LogP contribution in [-0.4, -0.2) is 43.8 Å². The Morgan fingerprint density at radius 2 is 1.65 bits per heavy atom. The summed E-state index contributed by atoms with van der Waals surface area (Å²) in [6.07, 6.45) is 0. The molecule has 0 amide bonds. The summed E-state index contributed by atoms with van der Waals surface area (Å²) in [6.45, 7) is 8.22. The summed E-state index contributed by atoms with van der Waals surface area (Å²) in [5.74, 6) is 0. The van der Waals surface area contributed by atoms with Crippen LogP contribution in [0, 0.1) is 20.8 Å². The van der Waals surface area contributed by atoms with E-state index in [2.05, 4.69) is 4.90 Å². The summed E-state index contributed by atoms with van der Waals surface area (Å²) in [7, 11) is -3.53. The molecule has 1 aliphatic heterocycles. The molecule has 2 aromatic carbocycles. The monoisotopic (exact) mass is 460 g/mol. The molecule has 6 nitrogen and oxygen atoms in total. The van der Waals surface area contributed by atoms with Gasteiger partial charge in [-0.05, 0) is 67.3 Å². The zero-order chi connectivity index (χ0) is 22.3. The molecular formula is C23H25ClN2O4S. The van der Waals surface area contributed by atoms with Crippen molar-refractivity contribution >= 4 is 32.6 Å². The molecule has 1 aromatic heterocycles. The lowest BCUT2D eigenvalue weighted by Gasteiger charge is -2.34. The number of halogens is 1. The van der Waals surface area contributed by atoms with Crippen molar-refractivity contribution in [3.05, 3.63) is 74.1 Å². The minimum Gasteiger partial charge on any atom is -0.423 e. The Balaban J connectivity index is 1.51. The summed E-state index contributed by atoms with van der Waals surface area (Å²) in [6, 6.07) is 10.3. The van der Waals surface area contributed by atoms with Gasteiger partial charge in [-0.3, -0.25) is 4.90 Å². The van der Waals surface area contributed by atoms with Crippen molar-refractivity contribution in [3.8, 4) is 0 Å². The third kappa shape index (κ3) is 4.41. The van der Waals surface area contributed by atoms with Crippen molar-refractivity contribution < 1.29 is 12.8 Å². The maximum absolute atomic E-state index is 13.0. The molecule has 1 saturated heterocycles. The Bertz CT molecular complexity index is 1310. The summed E-state index contributed by atoms with van der Waals surface area (Å²) in [5.41, 5.74) is 3.82. The minimum absolute atomic E-state index is 0.334. The van der Waals surface area contributed by atoms with Gasteiger partial charge in [0.25, 0.3) is 0 Å². The van der Waals surface area contributed by atoms with Crippen LogP contribution in [0.25, 0.3) is 11.0 Å². The maximum Gasteiger partial charge on any atom is 0.336 e. The summed E-state index contributed by atoms with van der Waals surface area (Å²) in [4.78, 5) is 14.5. The van der Waals surface area contributed by atoms with Gasteiger partial charge in [0.2, 0.25) is 10.0 Å². The average molecular weight is 461 g/mol. The van der Waals surface area contributed by atoms with Gasteiger partial charge >= 0.3 is 5.63 Å². The van der Waals surface area contributed by atoms with Crippen LogP contribution in [0.5, 0.6) is 0 Å². The second-order valence-corrected chi connectivity index (χ2v) is 10.5. The van der Waals surface area contributed by atoms with E-state index in [9.17, 15) is 13.2 Å². The summed E-state index contributed by atoms with van der Waals surface area (Å²) < 4.78 is 33.0. The number of aryl methyl sites for hydroxylation is 3. The second-order valence-electron chi connectivity index (χ2n) is 8.11. The van der Waals surface area contributed by atoms with Crippen LogP contribution in [0.4, 0.5) is 0 Å². The smallest absolute Gasteiger partial charge is 0.336 e. The molecule has 3 aromatic rings. The maximum atomic E-state index is 13.0. The van der Waals surface area contributed by atoms with E-state index in [1.807, 2.05) is 32.9 Å². The van der Waals surface area contributed by atoms with Gasteiger partial charge in [-0.25, -0.2) is 13.2 Å². The summed E-state index contributed by atoms with van der Waals surface area (Å²) >= 11 is 6.28. The van der Waals surface area contributed by atoms with E-state index < -0.39 is 15.6 Å². The molecule has 1 fully saturated rings. The number of fused-ring (bicyclic) bond motifs is 1. The van der Waals surface area contributed by atoms with E-state index >= 15 is 0 Å². The Kier molecular flexibility index (Phi) is 5.96. The lowest BCUT2D eigenvalue weighted by Crippen LogP contribution is -2.48. The number of nitrogens with zero attached hydrogens (tertiary/aromatic N) is 2. The van der Waals surface area contributed by atoms with Crippen LogP contribution >= 0.6 is 11.6 Å². The molecule has 0 bridgehead atoms. The van der Waals surface area contributed by atoms with Crippen LogP contribution in [0.1, 0.15) is 22.3 Å². The molecule has 1 aliphatic rings. The van der Waals surface area contributed by atoms with Gasteiger partial charge < -0.3 is 4.42 Å². The molecule has 164 valence electrons. The minimum atomic E-state index is -3.53. The SMILES string of the molecule is Cc1ccc(S(=O)(=O)N2CCN(Cc3cc(=O)oc4cc(C)c(Cl)cc34)CC2)cc1C. The first-order valence-corrected chi connectivity index (χ1v) is 12.0. The molecule has 4 rings (SSSR count). The predicted molar refractivity (Wildman–Crippen MR) is 122 cm³/mol. The van der Waals surface area contributed by atoms with Crippen molar-refractivity contribution in [3.63, 3.8) is 0 Å². The quantitative estimate of drug-likeness (QED) is 0.552. The van der Waals surface area contributed by atoms with E-state index in [1.54, 1.807) is 18.2 Å². The highest BCUT2D eigenvalue weighted by Gasteiger charge is 2.29. The van der Waals surface area contributed by atoms with E-state index in [0.29, 0.717) is 48.2 Å². The largest absolute Gasteiger partial charge is 0.423 e. The van der Waals surface area contributed by atoms with E-state index in [1.165, 1.54) is 10.4 Å². The number of hydrogen-bond acceptors (Lipinski definition) is 5. The molecule has 2 heterocycles. The molecular weight excluding hydrogens is 436 g/mol. The lowest BCUT2D eigenvalue weighted by atomic mass is 10.1. The first kappa shape index (κ1) is 22.0. The number of piperazine rings is 1.